The molecule has 7 aliphatic carbocycles. The lowest BCUT2D eigenvalue weighted by Gasteiger charge is -2.30. The quantitative estimate of drug-likeness (QED) is 0.225. The number of para-hydroxylation sites is 1. The van der Waals surface area contributed by atoms with Crippen LogP contribution in [0.2, 0.25) is 0 Å². The van der Waals surface area contributed by atoms with Crippen LogP contribution in [0.4, 0.5) is 5.69 Å². The maximum Gasteiger partial charge on any atom is 0.238 e. The lowest BCUT2D eigenvalue weighted by atomic mass is 9.85. The van der Waals surface area contributed by atoms with Gasteiger partial charge in [0, 0.05) is 6.04 Å². The van der Waals surface area contributed by atoms with Crippen LogP contribution in [0, 0.1) is 71.0 Å². The molecule has 324 valence electrons. The van der Waals surface area contributed by atoms with Crippen LogP contribution < -0.4 is 4.90 Å². The van der Waals surface area contributed by atoms with Crippen molar-refractivity contribution in [3.63, 3.8) is 0 Å². The third-order valence-corrected chi connectivity index (χ3v) is 14.7. The van der Waals surface area contributed by atoms with Crippen LogP contribution in [0.1, 0.15) is 98.5 Å². The first kappa shape index (κ1) is 44.1. The molecule has 9 nitrogen and oxygen atoms in total. The van der Waals surface area contributed by atoms with Gasteiger partial charge in [0.15, 0.2) is 0 Å². The van der Waals surface area contributed by atoms with Crippen LogP contribution in [0.15, 0.2) is 97.1 Å². The second-order valence-electron chi connectivity index (χ2n) is 17.4. The zero-order valence-electron chi connectivity index (χ0n) is 36.9. The van der Waals surface area contributed by atoms with Gasteiger partial charge in [-0.15, -0.1) is 0 Å². The number of hydrogen-bond donors (Lipinski definition) is 0. The van der Waals surface area contributed by atoms with E-state index in [0.29, 0.717) is 35.9 Å². The molecule has 7 fully saturated rings. The van der Waals surface area contributed by atoms with E-state index in [1.54, 1.807) is 4.90 Å². The van der Waals surface area contributed by atoms with E-state index in [0.717, 1.165) is 37.7 Å². The summed E-state index contributed by atoms with van der Waals surface area (Å²) in [6, 6.07) is 19.2. The number of carbonyl (C=O) groups excluding carboxylic acids is 6. The monoisotopic (exact) mass is 827 g/mol. The number of likely N-dealkylation sites (tertiary alicyclic amines) is 2. The molecule has 3 saturated heterocycles. The number of carbonyl (C=O) groups is 6. The minimum atomic E-state index is -0.104. The normalized spacial score (nSPS) is 34.8. The van der Waals surface area contributed by atoms with Crippen LogP contribution in [-0.4, -0.2) is 51.3 Å². The van der Waals surface area contributed by atoms with Gasteiger partial charge in [-0.25, -0.2) is 0 Å². The SMILES string of the molecule is CC.CC.CC.O=C1C2C3C=CC(C3)C2C(=O)N1C1CCCCC1.O=C1C2C3C=CC(C3)C2C(=O)N1Cc1ccccc1.O=C1C2C3C=CC(C3)C2C(=O)N1c1ccccc1. The standard InChI is InChI=1S/C16H15NO2.C15H19NO2.C15H13NO2.3C2H6/c18-15-13-11-6-7-12(8-11)14(13)16(19)17(15)9-10-4-2-1-3-5-10;2*17-14-12-9-6-7-10(8-9)13(12)15(18)16(14)11-4-2-1-3-5-11;3*1-2/h1-7,11-14H,8-9H2;6-7,9-13H,1-5,8H2;1-7,9-10,12-13H,8H2;3*1-2H3. The van der Waals surface area contributed by atoms with E-state index in [4.69, 9.17) is 0 Å². The molecule has 4 saturated carbocycles. The lowest BCUT2D eigenvalue weighted by molar-refractivity contribution is -0.145. The molecule has 2 aromatic rings. The summed E-state index contributed by atoms with van der Waals surface area (Å²) in [5, 5.41) is 0. The molecule has 61 heavy (non-hydrogen) atoms. The van der Waals surface area contributed by atoms with Crippen molar-refractivity contribution in [2.45, 2.75) is 105 Å². The van der Waals surface area contributed by atoms with E-state index in [9.17, 15) is 28.8 Å². The predicted octanol–water partition coefficient (Wildman–Crippen LogP) is 9.20. The molecule has 12 unspecified atom stereocenters. The average Bonchev–Trinajstić information content (AvgIpc) is 4.20. The minimum absolute atomic E-state index is 0.00516. The Balaban J connectivity index is 0.000000130. The molecule has 9 heteroatoms. The van der Waals surface area contributed by atoms with Crippen molar-refractivity contribution in [1.82, 2.24) is 9.80 Å². The number of benzene rings is 2. The van der Waals surface area contributed by atoms with Crippen molar-refractivity contribution in [1.29, 1.82) is 0 Å². The fraction of sp³-hybridized carbons (Fsp3) is 0.538. The van der Waals surface area contributed by atoms with E-state index in [1.165, 1.54) is 29.1 Å². The van der Waals surface area contributed by atoms with Gasteiger partial charge in [0.25, 0.3) is 0 Å². The molecular formula is C52H65N3O6. The maximum absolute atomic E-state index is 12.6. The fourth-order valence-electron chi connectivity index (χ4n) is 12.2. The molecule has 12 atom stereocenters. The minimum Gasteiger partial charge on any atom is -0.279 e. The molecule has 0 N–H and O–H groups in total. The van der Waals surface area contributed by atoms with Crippen molar-refractivity contribution in [3.05, 3.63) is 103 Å². The number of anilines is 1. The summed E-state index contributed by atoms with van der Waals surface area (Å²) < 4.78 is 0. The first-order valence-corrected chi connectivity index (χ1v) is 23.5. The number of rotatable bonds is 4. The highest BCUT2D eigenvalue weighted by atomic mass is 16.2. The van der Waals surface area contributed by atoms with Gasteiger partial charge < -0.3 is 0 Å². The summed E-state index contributed by atoms with van der Waals surface area (Å²) in [6.45, 7) is 12.4. The summed E-state index contributed by atoms with van der Waals surface area (Å²) in [5.41, 5.74) is 1.73. The number of allylic oxidation sites excluding steroid dienone is 6. The number of nitrogens with zero attached hydrogens (tertiary/aromatic N) is 3. The Bertz CT molecular complexity index is 1950. The van der Waals surface area contributed by atoms with Crippen molar-refractivity contribution in [3.8, 4) is 0 Å². The van der Waals surface area contributed by atoms with Gasteiger partial charge in [-0.3, -0.25) is 43.5 Å². The zero-order chi connectivity index (χ0) is 43.5. The fourth-order valence-corrected chi connectivity index (χ4v) is 12.2. The summed E-state index contributed by atoms with van der Waals surface area (Å²) in [7, 11) is 0. The van der Waals surface area contributed by atoms with Gasteiger partial charge in [-0.05, 0) is 85.3 Å². The van der Waals surface area contributed by atoms with Crippen molar-refractivity contribution in [2.75, 3.05) is 4.90 Å². The Labute approximate surface area is 362 Å². The Kier molecular flexibility index (Phi) is 13.7. The largest absolute Gasteiger partial charge is 0.279 e. The van der Waals surface area contributed by atoms with Gasteiger partial charge in [0.2, 0.25) is 35.4 Å². The van der Waals surface area contributed by atoms with Crippen LogP contribution in [0.5, 0.6) is 0 Å². The molecular weight excluding hydrogens is 763 g/mol. The van der Waals surface area contributed by atoms with E-state index >= 15 is 0 Å². The Morgan fingerprint density at radius 2 is 0.770 bits per heavy atom. The molecule has 0 spiro atoms. The second kappa shape index (κ2) is 19.0. The Morgan fingerprint density at radius 1 is 0.426 bits per heavy atom. The number of fused-ring (bicyclic) bond motifs is 15. The van der Waals surface area contributed by atoms with Crippen molar-refractivity contribution in [2.24, 2.45) is 71.0 Å². The summed E-state index contributed by atoms with van der Waals surface area (Å²) in [4.78, 5) is 79.5. The van der Waals surface area contributed by atoms with E-state index in [-0.39, 0.29) is 88.8 Å². The molecule has 0 radical (unpaired) electrons. The molecule has 3 heterocycles. The number of hydrogen-bond acceptors (Lipinski definition) is 6. The molecule has 3 aliphatic heterocycles. The highest BCUT2D eigenvalue weighted by molar-refractivity contribution is 6.22. The van der Waals surface area contributed by atoms with Crippen LogP contribution >= 0.6 is 0 Å². The molecule has 6 amide bonds. The smallest absolute Gasteiger partial charge is 0.238 e. The van der Waals surface area contributed by atoms with E-state index in [1.807, 2.05) is 102 Å². The van der Waals surface area contributed by atoms with Crippen LogP contribution in [0.25, 0.3) is 0 Å². The maximum atomic E-state index is 12.6. The highest BCUT2D eigenvalue weighted by Crippen LogP contribution is 2.55. The second-order valence-corrected chi connectivity index (χ2v) is 17.4. The van der Waals surface area contributed by atoms with E-state index in [2.05, 4.69) is 36.5 Å². The first-order valence-electron chi connectivity index (χ1n) is 23.5. The Hall–Kier alpha value is -4.92. The first-order chi connectivity index (χ1) is 29.8. The highest BCUT2D eigenvalue weighted by Gasteiger charge is 2.62. The van der Waals surface area contributed by atoms with Crippen molar-refractivity contribution >= 4 is 41.1 Å². The van der Waals surface area contributed by atoms with Gasteiger partial charge in [0.1, 0.15) is 0 Å². The number of amides is 6. The van der Waals surface area contributed by atoms with Gasteiger partial charge >= 0.3 is 0 Å². The van der Waals surface area contributed by atoms with Gasteiger partial charge in [-0.2, -0.15) is 0 Å². The summed E-state index contributed by atoms with van der Waals surface area (Å²) in [6.07, 6.45) is 21.5. The summed E-state index contributed by atoms with van der Waals surface area (Å²) in [5.74, 6) is 1.85. The van der Waals surface area contributed by atoms with Gasteiger partial charge in [0.05, 0.1) is 47.7 Å². The lowest BCUT2D eigenvalue weighted by Crippen LogP contribution is -2.42. The van der Waals surface area contributed by atoms with Gasteiger partial charge in [-0.1, -0.05) is 146 Å². The molecule has 10 aliphatic rings. The molecule has 6 bridgehead atoms. The Morgan fingerprint density at radius 3 is 1.16 bits per heavy atom. The predicted molar refractivity (Wildman–Crippen MR) is 237 cm³/mol. The molecule has 2 aromatic carbocycles. The topological polar surface area (TPSA) is 112 Å². The average molecular weight is 828 g/mol. The van der Waals surface area contributed by atoms with E-state index < -0.39 is 0 Å². The third kappa shape index (κ3) is 7.69. The number of imide groups is 3. The summed E-state index contributed by atoms with van der Waals surface area (Å²) >= 11 is 0. The van der Waals surface area contributed by atoms with Crippen LogP contribution in [0.3, 0.4) is 0 Å². The molecule has 0 aromatic heterocycles. The van der Waals surface area contributed by atoms with Crippen molar-refractivity contribution < 1.29 is 28.8 Å². The molecule has 12 rings (SSSR count). The van der Waals surface area contributed by atoms with Crippen LogP contribution in [-0.2, 0) is 35.3 Å². The zero-order valence-corrected chi connectivity index (χ0v) is 36.9. The third-order valence-electron chi connectivity index (χ3n) is 14.7.